The summed E-state index contributed by atoms with van der Waals surface area (Å²) in [4.78, 5) is 4.33. The molecule has 1 aromatic heterocycles. The van der Waals surface area contributed by atoms with Gasteiger partial charge in [0.25, 0.3) is 0 Å². The van der Waals surface area contributed by atoms with Crippen LogP contribution in [0.3, 0.4) is 0 Å². The first kappa shape index (κ1) is 9.46. The van der Waals surface area contributed by atoms with Gasteiger partial charge in [0.15, 0.2) is 0 Å². The molecule has 14 heavy (non-hydrogen) atoms. The van der Waals surface area contributed by atoms with Gasteiger partial charge in [0.05, 0.1) is 12.0 Å². The average molecular weight is 251 g/mol. The number of aryl methyl sites for hydroxylation is 1. The molecule has 2 nitrogen and oxygen atoms in total. The molecule has 0 radical (unpaired) electrons. The molecular weight excluding hydrogens is 240 g/mol. The highest BCUT2D eigenvalue weighted by molar-refractivity contribution is 9.10. The van der Waals surface area contributed by atoms with E-state index in [-0.39, 0.29) is 0 Å². The van der Waals surface area contributed by atoms with E-state index in [4.69, 9.17) is 0 Å². The summed E-state index contributed by atoms with van der Waals surface area (Å²) in [6.07, 6.45) is 3.92. The highest BCUT2D eigenvalue weighted by atomic mass is 79.9. The predicted octanol–water partition coefficient (Wildman–Crippen LogP) is 3.33. The molecule has 0 aliphatic rings. The van der Waals surface area contributed by atoms with Crippen LogP contribution in [0.25, 0.3) is 11.3 Å². The fourth-order valence-corrected chi connectivity index (χ4v) is 1.57. The van der Waals surface area contributed by atoms with Crippen LogP contribution >= 0.6 is 15.9 Å². The highest BCUT2D eigenvalue weighted by Gasteiger charge is 2.00. The number of aromatic nitrogens is 2. The lowest BCUT2D eigenvalue weighted by Gasteiger charge is -1.96. The van der Waals surface area contributed by atoms with Gasteiger partial charge in [0, 0.05) is 22.8 Å². The van der Waals surface area contributed by atoms with E-state index < -0.39 is 0 Å². The smallest absolute Gasteiger partial charge is 0.0953 e. The van der Waals surface area contributed by atoms with Crippen LogP contribution in [-0.4, -0.2) is 9.55 Å². The molecular formula is C11H11BrN2. The Kier molecular flexibility index (Phi) is 2.68. The molecule has 0 amide bonds. The van der Waals surface area contributed by atoms with Crippen LogP contribution in [0.2, 0.25) is 0 Å². The Bertz CT molecular complexity index is 417. The van der Waals surface area contributed by atoms with Crippen LogP contribution in [0.15, 0.2) is 41.3 Å². The molecule has 0 unspecified atom stereocenters. The second-order valence-electron chi connectivity index (χ2n) is 3.10. The number of imidazole rings is 1. The summed E-state index contributed by atoms with van der Waals surface area (Å²) < 4.78 is 3.16. The monoisotopic (exact) mass is 250 g/mol. The summed E-state index contributed by atoms with van der Waals surface area (Å²) >= 11 is 3.41. The van der Waals surface area contributed by atoms with Crippen molar-refractivity contribution in [2.75, 3.05) is 0 Å². The van der Waals surface area contributed by atoms with Gasteiger partial charge in [-0.05, 0) is 19.1 Å². The Morgan fingerprint density at radius 3 is 2.57 bits per heavy atom. The van der Waals surface area contributed by atoms with Gasteiger partial charge < -0.3 is 4.57 Å². The Balaban J connectivity index is 2.34. The topological polar surface area (TPSA) is 17.8 Å². The Morgan fingerprint density at radius 1 is 1.29 bits per heavy atom. The van der Waals surface area contributed by atoms with Crippen molar-refractivity contribution in [2.45, 2.75) is 13.5 Å². The number of rotatable bonds is 2. The molecule has 1 heterocycles. The SMILES string of the molecule is CCn1cnc(-c2ccc(Br)cc2)c1. The molecule has 0 saturated heterocycles. The van der Waals surface area contributed by atoms with Gasteiger partial charge in [-0.1, -0.05) is 28.1 Å². The van der Waals surface area contributed by atoms with Gasteiger partial charge in [-0.3, -0.25) is 0 Å². The van der Waals surface area contributed by atoms with Crippen LogP contribution in [0.1, 0.15) is 6.92 Å². The molecule has 1 aromatic carbocycles. The third-order valence-electron chi connectivity index (χ3n) is 2.14. The van der Waals surface area contributed by atoms with E-state index >= 15 is 0 Å². The van der Waals surface area contributed by atoms with Gasteiger partial charge in [-0.2, -0.15) is 0 Å². The minimum atomic E-state index is 0.962. The van der Waals surface area contributed by atoms with Crippen molar-refractivity contribution in [1.82, 2.24) is 9.55 Å². The van der Waals surface area contributed by atoms with Crippen LogP contribution in [0.5, 0.6) is 0 Å². The van der Waals surface area contributed by atoms with Gasteiger partial charge in [0.1, 0.15) is 0 Å². The molecule has 2 rings (SSSR count). The van der Waals surface area contributed by atoms with E-state index in [0.29, 0.717) is 0 Å². The first-order valence-corrected chi connectivity index (χ1v) is 5.36. The molecule has 0 bridgehead atoms. The summed E-state index contributed by atoms with van der Waals surface area (Å²) in [6.45, 7) is 3.07. The van der Waals surface area contributed by atoms with Crippen LogP contribution in [0.4, 0.5) is 0 Å². The third-order valence-corrected chi connectivity index (χ3v) is 2.67. The second-order valence-corrected chi connectivity index (χ2v) is 4.01. The minimum absolute atomic E-state index is 0.962. The molecule has 0 fully saturated rings. The third kappa shape index (κ3) is 1.87. The fourth-order valence-electron chi connectivity index (χ4n) is 1.30. The predicted molar refractivity (Wildman–Crippen MR) is 61.0 cm³/mol. The second kappa shape index (κ2) is 3.96. The molecule has 0 spiro atoms. The van der Waals surface area contributed by atoms with E-state index in [0.717, 1.165) is 22.3 Å². The number of hydrogen-bond donors (Lipinski definition) is 0. The number of halogens is 1. The summed E-state index contributed by atoms with van der Waals surface area (Å²) in [5, 5.41) is 0. The summed E-state index contributed by atoms with van der Waals surface area (Å²) in [6, 6.07) is 8.18. The first-order valence-electron chi connectivity index (χ1n) is 4.57. The van der Waals surface area contributed by atoms with Crippen molar-refractivity contribution in [3.05, 3.63) is 41.3 Å². The van der Waals surface area contributed by atoms with Crippen molar-refractivity contribution in [3.63, 3.8) is 0 Å². The lowest BCUT2D eigenvalue weighted by Crippen LogP contribution is -1.86. The highest BCUT2D eigenvalue weighted by Crippen LogP contribution is 2.19. The van der Waals surface area contributed by atoms with Crippen LogP contribution in [-0.2, 0) is 6.54 Å². The standard InChI is InChI=1S/C11H11BrN2/c1-2-14-7-11(13-8-14)9-3-5-10(12)6-4-9/h3-8H,2H2,1H3. The fraction of sp³-hybridized carbons (Fsp3) is 0.182. The Labute approximate surface area is 91.7 Å². The van der Waals surface area contributed by atoms with Crippen molar-refractivity contribution in [3.8, 4) is 11.3 Å². The van der Waals surface area contributed by atoms with E-state index in [9.17, 15) is 0 Å². The van der Waals surface area contributed by atoms with Crippen LogP contribution < -0.4 is 0 Å². The van der Waals surface area contributed by atoms with E-state index in [2.05, 4.69) is 50.7 Å². The average Bonchev–Trinajstić information content (AvgIpc) is 2.67. The molecule has 0 aliphatic heterocycles. The molecule has 0 N–H and O–H groups in total. The summed E-state index contributed by atoms with van der Waals surface area (Å²) in [5.74, 6) is 0. The molecule has 0 atom stereocenters. The van der Waals surface area contributed by atoms with Crippen molar-refractivity contribution in [2.24, 2.45) is 0 Å². The zero-order valence-corrected chi connectivity index (χ0v) is 9.53. The lowest BCUT2D eigenvalue weighted by molar-refractivity contribution is 0.762. The van der Waals surface area contributed by atoms with Gasteiger partial charge >= 0.3 is 0 Å². The van der Waals surface area contributed by atoms with E-state index in [1.807, 2.05) is 18.5 Å². The molecule has 0 saturated carbocycles. The molecule has 2 aromatic rings. The number of benzene rings is 1. The quantitative estimate of drug-likeness (QED) is 0.800. The van der Waals surface area contributed by atoms with E-state index in [1.165, 1.54) is 0 Å². The Morgan fingerprint density at radius 2 is 2.00 bits per heavy atom. The zero-order valence-electron chi connectivity index (χ0n) is 7.94. The maximum atomic E-state index is 4.33. The number of nitrogens with zero attached hydrogens (tertiary/aromatic N) is 2. The van der Waals surface area contributed by atoms with Crippen molar-refractivity contribution < 1.29 is 0 Å². The normalized spacial score (nSPS) is 10.4. The molecule has 3 heteroatoms. The molecule has 72 valence electrons. The summed E-state index contributed by atoms with van der Waals surface area (Å²) in [5.41, 5.74) is 2.18. The number of hydrogen-bond acceptors (Lipinski definition) is 1. The maximum Gasteiger partial charge on any atom is 0.0953 e. The van der Waals surface area contributed by atoms with Crippen molar-refractivity contribution >= 4 is 15.9 Å². The van der Waals surface area contributed by atoms with Gasteiger partial charge in [0.2, 0.25) is 0 Å². The first-order chi connectivity index (χ1) is 6.79. The van der Waals surface area contributed by atoms with Crippen molar-refractivity contribution in [1.29, 1.82) is 0 Å². The minimum Gasteiger partial charge on any atom is -0.337 e. The van der Waals surface area contributed by atoms with Gasteiger partial charge in [-0.25, -0.2) is 4.98 Å². The zero-order chi connectivity index (χ0) is 9.97. The summed E-state index contributed by atoms with van der Waals surface area (Å²) in [7, 11) is 0. The van der Waals surface area contributed by atoms with E-state index in [1.54, 1.807) is 0 Å². The Hall–Kier alpha value is -1.09. The maximum absolute atomic E-state index is 4.33. The van der Waals surface area contributed by atoms with Gasteiger partial charge in [-0.15, -0.1) is 0 Å². The lowest BCUT2D eigenvalue weighted by atomic mass is 10.2. The van der Waals surface area contributed by atoms with Crippen LogP contribution in [0, 0.1) is 0 Å². The molecule has 0 aliphatic carbocycles. The largest absolute Gasteiger partial charge is 0.337 e.